The molecule has 0 aliphatic carbocycles. The second kappa shape index (κ2) is 9.26. The van der Waals surface area contributed by atoms with E-state index >= 15 is 0 Å². The van der Waals surface area contributed by atoms with Crippen LogP contribution in [-0.4, -0.2) is 26.5 Å². The number of benzene rings is 2. The average molecular weight is 424 g/mol. The summed E-state index contributed by atoms with van der Waals surface area (Å²) >= 11 is 1.24. The number of carbonyl (C=O) groups is 2. The maximum atomic E-state index is 13.1. The number of hydrogen-bond donors (Lipinski definition) is 1. The molecule has 156 valence electrons. The molecule has 0 unspecified atom stereocenters. The molecule has 2 atom stereocenters. The number of carbonyl (C=O) groups excluding carboxylic acids is 2. The smallest absolute Gasteiger partial charge is 0.262 e. The minimum Gasteiger partial charge on any atom is -0.324 e. The first-order valence-corrected chi connectivity index (χ1v) is 10.8. The number of Topliss-reactive ketones (excluding diaryl/α,β-unsaturated/α-hetero) is 1. The first-order valence-electron chi connectivity index (χ1n) is 9.92. The van der Waals surface area contributed by atoms with Crippen molar-refractivity contribution in [1.82, 2.24) is 9.55 Å². The Balaban J connectivity index is 1.93. The van der Waals surface area contributed by atoms with Crippen molar-refractivity contribution in [2.24, 2.45) is 0 Å². The van der Waals surface area contributed by atoms with Crippen LogP contribution in [0.25, 0.3) is 10.9 Å². The predicted molar refractivity (Wildman–Crippen MR) is 121 cm³/mol. The van der Waals surface area contributed by atoms with E-state index in [0.717, 1.165) is 6.42 Å². The Labute approximate surface area is 179 Å². The van der Waals surface area contributed by atoms with Crippen LogP contribution >= 0.6 is 11.8 Å². The topological polar surface area (TPSA) is 81.1 Å². The van der Waals surface area contributed by atoms with Gasteiger partial charge in [0.2, 0.25) is 5.91 Å². The molecule has 1 amide bonds. The van der Waals surface area contributed by atoms with E-state index in [2.05, 4.69) is 10.3 Å². The van der Waals surface area contributed by atoms with Crippen molar-refractivity contribution in [2.45, 2.75) is 50.6 Å². The highest BCUT2D eigenvalue weighted by molar-refractivity contribution is 8.00. The number of nitrogens with one attached hydrogen (secondary N) is 1. The quantitative estimate of drug-likeness (QED) is 0.339. The molecule has 6 nitrogen and oxygen atoms in total. The van der Waals surface area contributed by atoms with Crippen molar-refractivity contribution in [1.29, 1.82) is 0 Å². The Bertz CT molecular complexity index is 1160. The highest BCUT2D eigenvalue weighted by atomic mass is 32.2. The highest BCUT2D eigenvalue weighted by Gasteiger charge is 2.22. The minimum atomic E-state index is -0.520. The summed E-state index contributed by atoms with van der Waals surface area (Å²) in [5.74, 6) is -0.375. The molecule has 0 aliphatic heterocycles. The Hall–Kier alpha value is -2.93. The van der Waals surface area contributed by atoms with Gasteiger partial charge in [0, 0.05) is 11.6 Å². The zero-order chi connectivity index (χ0) is 21.8. The lowest BCUT2D eigenvalue weighted by atomic mass is 10.1. The number of rotatable bonds is 7. The molecular formula is C23H25N3O3S. The SMILES string of the molecule is CC[C@H](C)n1c(S[C@H](C)C(=O)Nc2ccccc2C(C)=O)nc2ccccc2c1=O. The van der Waals surface area contributed by atoms with Gasteiger partial charge in [-0.25, -0.2) is 4.98 Å². The van der Waals surface area contributed by atoms with Gasteiger partial charge in [-0.05, 0) is 51.5 Å². The van der Waals surface area contributed by atoms with Crippen molar-refractivity contribution in [3.05, 3.63) is 64.4 Å². The van der Waals surface area contributed by atoms with Gasteiger partial charge in [-0.15, -0.1) is 0 Å². The molecule has 2 aromatic carbocycles. The summed E-state index contributed by atoms with van der Waals surface area (Å²) in [6.07, 6.45) is 0.764. The van der Waals surface area contributed by atoms with E-state index in [4.69, 9.17) is 0 Å². The Kier molecular flexibility index (Phi) is 6.72. The summed E-state index contributed by atoms with van der Waals surface area (Å²) in [7, 11) is 0. The van der Waals surface area contributed by atoms with Gasteiger partial charge < -0.3 is 5.32 Å². The molecule has 0 aliphatic rings. The standard InChI is InChI=1S/C23H25N3O3S/c1-5-14(2)26-22(29)18-11-7-9-13-20(18)25-23(26)30-16(4)21(28)24-19-12-8-6-10-17(19)15(3)27/h6-14,16H,5H2,1-4H3,(H,24,28)/t14-,16+/m0/s1. The number of ketones is 1. The summed E-state index contributed by atoms with van der Waals surface area (Å²) < 4.78 is 1.67. The summed E-state index contributed by atoms with van der Waals surface area (Å²) in [4.78, 5) is 42.4. The Morgan fingerprint density at radius 1 is 1.10 bits per heavy atom. The van der Waals surface area contributed by atoms with Crippen LogP contribution in [0.2, 0.25) is 0 Å². The van der Waals surface area contributed by atoms with Crippen molar-refractivity contribution < 1.29 is 9.59 Å². The van der Waals surface area contributed by atoms with Gasteiger partial charge in [0.25, 0.3) is 5.56 Å². The van der Waals surface area contributed by atoms with Crippen LogP contribution in [0, 0.1) is 0 Å². The van der Waals surface area contributed by atoms with Crippen LogP contribution in [0.15, 0.2) is 58.5 Å². The molecule has 0 radical (unpaired) electrons. The highest BCUT2D eigenvalue weighted by Crippen LogP contribution is 2.27. The molecule has 3 rings (SSSR count). The molecule has 0 spiro atoms. The van der Waals surface area contributed by atoms with E-state index < -0.39 is 5.25 Å². The number of hydrogen-bond acceptors (Lipinski definition) is 5. The number of aromatic nitrogens is 2. The third kappa shape index (κ3) is 4.46. The predicted octanol–water partition coefficient (Wildman–Crippen LogP) is 4.69. The third-order valence-corrected chi connectivity index (χ3v) is 6.09. The maximum Gasteiger partial charge on any atom is 0.262 e. The minimum absolute atomic E-state index is 0.0502. The number of fused-ring (bicyclic) bond motifs is 1. The van der Waals surface area contributed by atoms with Crippen molar-refractivity contribution >= 4 is 40.0 Å². The van der Waals surface area contributed by atoms with Crippen LogP contribution in [0.1, 0.15) is 50.5 Å². The van der Waals surface area contributed by atoms with Gasteiger partial charge in [-0.1, -0.05) is 43.0 Å². The van der Waals surface area contributed by atoms with Crippen LogP contribution < -0.4 is 10.9 Å². The van der Waals surface area contributed by atoms with E-state index in [9.17, 15) is 14.4 Å². The van der Waals surface area contributed by atoms with E-state index in [1.807, 2.05) is 26.0 Å². The van der Waals surface area contributed by atoms with E-state index in [1.54, 1.807) is 47.9 Å². The normalized spacial score (nSPS) is 13.1. The number of para-hydroxylation sites is 2. The average Bonchev–Trinajstić information content (AvgIpc) is 2.73. The van der Waals surface area contributed by atoms with Gasteiger partial charge in [0.05, 0.1) is 21.8 Å². The first kappa shape index (κ1) is 21.8. The zero-order valence-corrected chi connectivity index (χ0v) is 18.3. The number of amides is 1. The molecule has 3 aromatic rings. The number of thioether (sulfide) groups is 1. The van der Waals surface area contributed by atoms with Crippen LogP contribution in [0.5, 0.6) is 0 Å². The fourth-order valence-corrected chi connectivity index (χ4v) is 4.13. The lowest BCUT2D eigenvalue weighted by Gasteiger charge is -2.20. The summed E-state index contributed by atoms with van der Waals surface area (Å²) in [5.41, 5.74) is 1.45. The number of nitrogens with zero attached hydrogens (tertiary/aromatic N) is 2. The third-order valence-electron chi connectivity index (χ3n) is 5.02. The van der Waals surface area contributed by atoms with E-state index in [1.165, 1.54) is 18.7 Å². The van der Waals surface area contributed by atoms with Gasteiger partial charge in [0.1, 0.15) is 0 Å². The molecule has 0 saturated carbocycles. The fourth-order valence-electron chi connectivity index (χ4n) is 3.13. The molecular weight excluding hydrogens is 398 g/mol. The van der Waals surface area contributed by atoms with Gasteiger partial charge in [0.15, 0.2) is 10.9 Å². The molecule has 0 bridgehead atoms. The second-order valence-corrected chi connectivity index (χ2v) is 8.50. The van der Waals surface area contributed by atoms with E-state index in [0.29, 0.717) is 27.3 Å². The zero-order valence-electron chi connectivity index (χ0n) is 17.5. The van der Waals surface area contributed by atoms with Crippen molar-refractivity contribution in [3.63, 3.8) is 0 Å². The van der Waals surface area contributed by atoms with E-state index in [-0.39, 0.29) is 23.3 Å². The lowest BCUT2D eigenvalue weighted by molar-refractivity contribution is -0.115. The van der Waals surface area contributed by atoms with Crippen molar-refractivity contribution in [2.75, 3.05) is 5.32 Å². The van der Waals surface area contributed by atoms with Crippen LogP contribution in [0.4, 0.5) is 5.69 Å². The van der Waals surface area contributed by atoms with Crippen molar-refractivity contribution in [3.8, 4) is 0 Å². The molecule has 0 fully saturated rings. The first-order chi connectivity index (χ1) is 14.3. The van der Waals surface area contributed by atoms with Gasteiger partial charge >= 0.3 is 0 Å². The summed E-state index contributed by atoms with van der Waals surface area (Å²) in [6.45, 7) is 7.21. The second-order valence-electron chi connectivity index (χ2n) is 7.20. The largest absolute Gasteiger partial charge is 0.324 e. The molecule has 0 saturated heterocycles. The molecule has 30 heavy (non-hydrogen) atoms. The summed E-state index contributed by atoms with van der Waals surface area (Å²) in [6, 6.07) is 14.1. The van der Waals surface area contributed by atoms with Crippen LogP contribution in [0.3, 0.4) is 0 Å². The monoisotopic (exact) mass is 423 g/mol. The molecule has 1 aromatic heterocycles. The molecule has 7 heteroatoms. The Morgan fingerprint density at radius 3 is 2.47 bits per heavy atom. The fraction of sp³-hybridized carbons (Fsp3) is 0.304. The molecule has 1 N–H and O–H groups in total. The Morgan fingerprint density at radius 2 is 1.77 bits per heavy atom. The lowest BCUT2D eigenvalue weighted by Crippen LogP contribution is -2.29. The molecule has 1 heterocycles. The maximum absolute atomic E-state index is 13.1. The summed E-state index contributed by atoms with van der Waals surface area (Å²) in [5, 5.41) is 3.38. The van der Waals surface area contributed by atoms with Crippen LogP contribution in [-0.2, 0) is 4.79 Å². The van der Waals surface area contributed by atoms with Gasteiger partial charge in [-0.2, -0.15) is 0 Å². The number of anilines is 1. The van der Waals surface area contributed by atoms with Gasteiger partial charge in [-0.3, -0.25) is 19.0 Å².